The van der Waals surface area contributed by atoms with Crippen LogP contribution in [0.15, 0.2) is 42.5 Å². The Labute approximate surface area is 166 Å². The van der Waals surface area contributed by atoms with Gasteiger partial charge >= 0.3 is 0 Å². The first-order valence-electron chi connectivity index (χ1n) is 9.51. The molecule has 0 N–H and O–H groups in total. The number of rotatable bonds is 5. The summed E-state index contributed by atoms with van der Waals surface area (Å²) in [6.45, 7) is 9.10. The van der Waals surface area contributed by atoms with Gasteiger partial charge in [0, 0.05) is 36.9 Å². The summed E-state index contributed by atoms with van der Waals surface area (Å²) in [5.41, 5.74) is 3.50. The van der Waals surface area contributed by atoms with E-state index in [0.29, 0.717) is 19.5 Å². The van der Waals surface area contributed by atoms with Gasteiger partial charge in [0.25, 0.3) is 5.91 Å². The number of nitrogens with zero attached hydrogens (tertiary/aromatic N) is 2. The summed E-state index contributed by atoms with van der Waals surface area (Å²) in [5.74, 6) is 0.831. The van der Waals surface area contributed by atoms with Crippen LogP contribution in [-0.4, -0.2) is 43.1 Å². The van der Waals surface area contributed by atoms with Gasteiger partial charge in [-0.05, 0) is 61.7 Å². The monoisotopic (exact) mass is 386 g/mol. The lowest BCUT2D eigenvalue weighted by molar-refractivity contribution is -0.139. The van der Waals surface area contributed by atoms with Gasteiger partial charge in [-0.15, -0.1) is 0 Å². The normalized spacial score (nSPS) is 15.6. The lowest BCUT2D eigenvalue weighted by atomic mass is 10.1. The van der Waals surface area contributed by atoms with E-state index in [2.05, 4.69) is 24.8 Å². The van der Waals surface area contributed by atoms with Crippen molar-refractivity contribution in [3.05, 3.63) is 58.6 Å². The number of halogens is 1. The van der Waals surface area contributed by atoms with Gasteiger partial charge in [-0.1, -0.05) is 30.7 Å². The van der Waals surface area contributed by atoms with Crippen LogP contribution in [0.25, 0.3) is 0 Å². The van der Waals surface area contributed by atoms with E-state index < -0.39 is 6.10 Å². The van der Waals surface area contributed by atoms with Gasteiger partial charge in [0.2, 0.25) is 0 Å². The average Bonchev–Trinajstić information content (AvgIpc) is 2.68. The first kappa shape index (κ1) is 19.6. The molecule has 0 spiro atoms. The van der Waals surface area contributed by atoms with Crippen molar-refractivity contribution in [3.63, 3.8) is 0 Å². The van der Waals surface area contributed by atoms with Crippen LogP contribution in [0.3, 0.4) is 0 Å². The van der Waals surface area contributed by atoms with Gasteiger partial charge in [-0.2, -0.15) is 0 Å². The summed E-state index contributed by atoms with van der Waals surface area (Å²) < 4.78 is 6.02. The van der Waals surface area contributed by atoms with Crippen molar-refractivity contribution in [2.45, 2.75) is 33.3 Å². The van der Waals surface area contributed by atoms with Crippen LogP contribution in [0.4, 0.5) is 5.69 Å². The first-order chi connectivity index (χ1) is 13.0. The molecule has 4 nitrogen and oxygen atoms in total. The Balaban J connectivity index is 1.60. The number of hydrogen-bond acceptors (Lipinski definition) is 3. The Morgan fingerprint density at radius 2 is 1.81 bits per heavy atom. The van der Waals surface area contributed by atoms with Gasteiger partial charge in [0.1, 0.15) is 5.75 Å². The molecule has 144 valence electrons. The van der Waals surface area contributed by atoms with Crippen LogP contribution < -0.4 is 9.64 Å². The Morgan fingerprint density at radius 3 is 2.44 bits per heavy atom. The zero-order valence-corrected chi connectivity index (χ0v) is 17.0. The van der Waals surface area contributed by atoms with Gasteiger partial charge in [-0.3, -0.25) is 4.79 Å². The van der Waals surface area contributed by atoms with E-state index in [0.717, 1.165) is 29.5 Å². The summed E-state index contributed by atoms with van der Waals surface area (Å²) in [4.78, 5) is 17.1. The summed E-state index contributed by atoms with van der Waals surface area (Å²) in [6.07, 6.45) is 0.213. The molecule has 1 aliphatic heterocycles. The van der Waals surface area contributed by atoms with E-state index >= 15 is 0 Å². The fraction of sp³-hybridized carbons (Fsp3) is 0.409. The summed E-state index contributed by atoms with van der Waals surface area (Å²) >= 11 is 6.09. The van der Waals surface area contributed by atoms with E-state index in [4.69, 9.17) is 16.3 Å². The fourth-order valence-corrected chi connectivity index (χ4v) is 3.51. The molecule has 1 saturated heterocycles. The Morgan fingerprint density at radius 1 is 1.07 bits per heavy atom. The molecular weight excluding hydrogens is 360 g/mol. The van der Waals surface area contributed by atoms with Crippen LogP contribution in [-0.2, 0) is 4.79 Å². The molecule has 27 heavy (non-hydrogen) atoms. The number of aryl methyl sites for hydroxylation is 2. The minimum atomic E-state index is -0.440. The number of piperazine rings is 1. The summed E-state index contributed by atoms with van der Waals surface area (Å²) in [7, 11) is 0. The lowest BCUT2D eigenvalue weighted by Crippen LogP contribution is -2.52. The Hall–Kier alpha value is -2.20. The molecule has 1 heterocycles. The minimum absolute atomic E-state index is 0.0708. The summed E-state index contributed by atoms with van der Waals surface area (Å²) in [5, 5.41) is 0.735. The number of carbonyl (C=O) groups excluding carboxylic acids is 1. The third-order valence-corrected chi connectivity index (χ3v) is 5.40. The van der Waals surface area contributed by atoms with Gasteiger partial charge < -0.3 is 14.5 Å². The molecule has 2 aromatic rings. The lowest BCUT2D eigenvalue weighted by Gasteiger charge is -2.37. The standard InChI is InChI=1S/C22H27ClN2O2/c1-4-21(27-20-9-8-16(2)17(3)14-20)22(26)25-12-10-24(11-13-25)19-7-5-6-18(23)15-19/h5-9,14-15,21H,4,10-13H2,1-3H3/t21-/m1/s1. The molecule has 1 atom stereocenters. The Kier molecular flexibility index (Phi) is 6.27. The van der Waals surface area contributed by atoms with Crippen molar-refractivity contribution < 1.29 is 9.53 Å². The molecule has 0 radical (unpaired) electrons. The SMILES string of the molecule is CC[C@@H](Oc1ccc(C)c(C)c1)C(=O)N1CCN(c2cccc(Cl)c2)CC1. The van der Waals surface area contributed by atoms with Crippen LogP contribution in [0, 0.1) is 13.8 Å². The molecule has 1 aliphatic rings. The van der Waals surface area contributed by atoms with Crippen molar-refractivity contribution in [2.75, 3.05) is 31.1 Å². The van der Waals surface area contributed by atoms with Crippen molar-refractivity contribution in [1.29, 1.82) is 0 Å². The topological polar surface area (TPSA) is 32.8 Å². The van der Waals surface area contributed by atoms with E-state index in [1.807, 2.05) is 48.2 Å². The minimum Gasteiger partial charge on any atom is -0.481 e. The summed E-state index contributed by atoms with van der Waals surface area (Å²) in [6, 6.07) is 13.8. The number of ether oxygens (including phenoxy) is 1. The second-order valence-electron chi connectivity index (χ2n) is 7.05. The largest absolute Gasteiger partial charge is 0.481 e. The van der Waals surface area contributed by atoms with Crippen LogP contribution >= 0.6 is 11.6 Å². The number of carbonyl (C=O) groups is 1. The predicted octanol–water partition coefficient (Wildman–Crippen LogP) is 4.46. The number of anilines is 1. The fourth-order valence-electron chi connectivity index (χ4n) is 3.32. The van der Waals surface area contributed by atoms with Crippen molar-refractivity contribution in [1.82, 2.24) is 4.90 Å². The molecular formula is C22H27ClN2O2. The molecule has 2 aromatic carbocycles. The maximum Gasteiger partial charge on any atom is 0.263 e. The van der Waals surface area contributed by atoms with Gasteiger partial charge in [0.15, 0.2) is 6.10 Å². The predicted molar refractivity (Wildman–Crippen MR) is 111 cm³/mol. The van der Waals surface area contributed by atoms with E-state index in [1.54, 1.807) is 0 Å². The second kappa shape index (κ2) is 8.66. The maximum atomic E-state index is 12.9. The van der Waals surface area contributed by atoms with Crippen molar-refractivity contribution in [3.8, 4) is 5.75 Å². The third kappa shape index (κ3) is 4.75. The number of amides is 1. The second-order valence-corrected chi connectivity index (χ2v) is 7.49. The number of hydrogen-bond donors (Lipinski definition) is 0. The zero-order valence-electron chi connectivity index (χ0n) is 16.2. The highest BCUT2D eigenvalue weighted by molar-refractivity contribution is 6.30. The zero-order chi connectivity index (χ0) is 19.4. The maximum absolute atomic E-state index is 12.9. The van der Waals surface area contributed by atoms with Crippen molar-refractivity contribution in [2.24, 2.45) is 0 Å². The first-order valence-corrected chi connectivity index (χ1v) is 9.89. The molecule has 0 saturated carbocycles. The number of benzene rings is 2. The third-order valence-electron chi connectivity index (χ3n) is 5.17. The molecule has 1 fully saturated rings. The van der Waals surface area contributed by atoms with Crippen LogP contribution in [0.5, 0.6) is 5.75 Å². The molecule has 1 amide bonds. The van der Waals surface area contributed by atoms with E-state index in [1.165, 1.54) is 11.1 Å². The van der Waals surface area contributed by atoms with E-state index in [-0.39, 0.29) is 5.91 Å². The molecule has 5 heteroatoms. The average molecular weight is 387 g/mol. The van der Waals surface area contributed by atoms with Gasteiger partial charge in [0.05, 0.1) is 0 Å². The molecule has 0 aliphatic carbocycles. The smallest absolute Gasteiger partial charge is 0.263 e. The highest BCUT2D eigenvalue weighted by Crippen LogP contribution is 2.22. The molecule has 0 aromatic heterocycles. The highest BCUT2D eigenvalue weighted by Gasteiger charge is 2.28. The van der Waals surface area contributed by atoms with Crippen LogP contribution in [0.1, 0.15) is 24.5 Å². The highest BCUT2D eigenvalue weighted by atomic mass is 35.5. The van der Waals surface area contributed by atoms with Gasteiger partial charge in [-0.25, -0.2) is 0 Å². The van der Waals surface area contributed by atoms with Crippen molar-refractivity contribution >= 4 is 23.2 Å². The Bertz CT molecular complexity index is 801. The molecule has 3 rings (SSSR count). The van der Waals surface area contributed by atoms with E-state index in [9.17, 15) is 4.79 Å². The van der Waals surface area contributed by atoms with Crippen LogP contribution in [0.2, 0.25) is 5.02 Å². The molecule has 0 bridgehead atoms. The quantitative estimate of drug-likeness (QED) is 0.760. The molecule has 0 unspecified atom stereocenters.